The predicted molar refractivity (Wildman–Crippen MR) is 75.8 cm³/mol. The monoisotopic (exact) mass is 247 g/mol. The van der Waals surface area contributed by atoms with Gasteiger partial charge in [0, 0.05) is 18.7 Å². The lowest BCUT2D eigenvalue weighted by Gasteiger charge is -2.32. The summed E-state index contributed by atoms with van der Waals surface area (Å²) in [5.41, 5.74) is 2.79. The maximum atomic E-state index is 5.73. The first-order chi connectivity index (χ1) is 8.70. The molecule has 0 saturated carbocycles. The number of hydrogen-bond donors (Lipinski definition) is 1. The van der Waals surface area contributed by atoms with Crippen molar-refractivity contribution < 1.29 is 4.74 Å². The second-order valence-electron chi connectivity index (χ2n) is 5.37. The van der Waals surface area contributed by atoms with Crippen LogP contribution in [0.5, 0.6) is 0 Å². The second-order valence-corrected chi connectivity index (χ2v) is 5.37. The van der Waals surface area contributed by atoms with E-state index in [1.807, 2.05) is 0 Å². The Balaban J connectivity index is 1.95. The normalized spacial score (nSPS) is 25.9. The maximum absolute atomic E-state index is 5.73. The Bertz CT molecular complexity index is 377. The van der Waals surface area contributed by atoms with Crippen LogP contribution in [0.15, 0.2) is 24.3 Å². The summed E-state index contributed by atoms with van der Waals surface area (Å²) >= 11 is 0. The molecule has 0 aliphatic carbocycles. The number of rotatable bonds is 4. The van der Waals surface area contributed by atoms with Gasteiger partial charge in [-0.1, -0.05) is 31.2 Å². The van der Waals surface area contributed by atoms with Gasteiger partial charge >= 0.3 is 0 Å². The highest BCUT2D eigenvalue weighted by Crippen LogP contribution is 2.22. The summed E-state index contributed by atoms with van der Waals surface area (Å²) in [4.78, 5) is 0. The first kappa shape index (κ1) is 13.6. The van der Waals surface area contributed by atoms with Gasteiger partial charge in [0.05, 0.1) is 6.10 Å². The van der Waals surface area contributed by atoms with E-state index in [4.69, 9.17) is 4.74 Å². The molecule has 3 atom stereocenters. The number of ether oxygens (including phenoxy) is 1. The average Bonchev–Trinajstić information content (AvgIpc) is 2.39. The third kappa shape index (κ3) is 3.33. The molecule has 18 heavy (non-hydrogen) atoms. The van der Waals surface area contributed by atoms with Crippen LogP contribution in [-0.4, -0.2) is 18.8 Å². The van der Waals surface area contributed by atoms with Crippen LogP contribution in [0.1, 0.15) is 50.3 Å². The average molecular weight is 247 g/mol. The molecule has 2 rings (SSSR count). The van der Waals surface area contributed by atoms with Crippen LogP contribution < -0.4 is 5.32 Å². The zero-order valence-corrected chi connectivity index (χ0v) is 11.8. The highest BCUT2D eigenvalue weighted by atomic mass is 16.5. The van der Waals surface area contributed by atoms with E-state index in [-0.39, 0.29) is 0 Å². The van der Waals surface area contributed by atoms with Crippen LogP contribution in [0.3, 0.4) is 0 Å². The Kier molecular flexibility index (Phi) is 4.79. The summed E-state index contributed by atoms with van der Waals surface area (Å²) in [6.07, 6.45) is 3.84. The van der Waals surface area contributed by atoms with Crippen molar-refractivity contribution in [3.8, 4) is 0 Å². The topological polar surface area (TPSA) is 21.3 Å². The number of benzene rings is 1. The molecule has 1 aliphatic heterocycles. The maximum Gasteiger partial charge on any atom is 0.0587 e. The lowest BCUT2D eigenvalue weighted by atomic mass is 9.97. The predicted octanol–water partition coefficient (Wildman–Crippen LogP) is 3.60. The van der Waals surface area contributed by atoms with Gasteiger partial charge < -0.3 is 10.1 Å². The molecule has 1 heterocycles. The van der Waals surface area contributed by atoms with Crippen molar-refractivity contribution in [3.63, 3.8) is 0 Å². The van der Waals surface area contributed by atoms with E-state index in [1.165, 1.54) is 11.1 Å². The highest BCUT2D eigenvalue weighted by molar-refractivity contribution is 5.28. The van der Waals surface area contributed by atoms with Crippen LogP contribution in [0.2, 0.25) is 0 Å². The molecule has 1 aromatic carbocycles. The van der Waals surface area contributed by atoms with E-state index in [0.29, 0.717) is 18.2 Å². The van der Waals surface area contributed by atoms with Crippen LogP contribution in [0.4, 0.5) is 0 Å². The summed E-state index contributed by atoms with van der Waals surface area (Å²) in [7, 11) is 0. The molecule has 2 heteroatoms. The van der Waals surface area contributed by atoms with Crippen LogP contribution in [0, 0.1) is 6.92 Å². The van der Waals surface area contributed by atoms with E-state index in [1.54, 1.807) is 0 Å². The van der Waals surface area contributed by atoms with E-state index < -0.39 is 0 Å². The van der Waals surface area contributed by atoms with Crippen molar-refractivity contribution in [3.05, 3.63) is 35.4 Å². The molecule has 0 radical (unpaired) electrons. The van der Waals surface area contributed by atoms with Crippen molar-refractivity contribution in [1.29, 1.82) is 0 Å². The Morgan fingerprint density at radius 2 is 2.17 bits per heavy atom. The zero-order chi connectivity index (χ0) is 13.0. The van der Waals surface area contributed by atoms with Crippen molar-refractivity contribution in [2.45, 2.75) is 58.2 Å². The van der Waals surface area contributed by atoms with E-state index in [9.17, 15) is 0 Å². The number of hydrogen-bond acceptors (Lipinski definition) is 2. The van der Waals surface area contributed by atoms with Crippen molar-refractivity contribution in [2.75, 3.05) is 6.61 Å². The fourth-order valence-electron chi connectivity index (χ4n) is 2.83. The van der Waals surface area contributed by atoms with E-state index in [2.05, 4.69) is 50.4 Å². The van der Waals surface area contributed by atoms with Gasteiger partial charge in [0.2, 0.25) is 0 Å². The SMILES string of the molecule is CCC1CC(NC(C)c2ccccc2C)CCO1. The summed E-state index contributed by atoms with van der Waals surface area (Å²) in [6.45, 7) is 7.56. The Hall–Kier alpha value is -0.860. The molecule has 1 N–H and O–H groups in total. The Morgan fingerprint density at radius 3 is 2.89 bits per heavy atom. The fourth-order valence-corrected chi connectivity index (χ4v) is 2.83. The lowest BCUT2D eigenvalue weighted by molar-refractivity contribution is -0.00166. The van der Waals surface area contributed by atoms with E-state index >= 15 is 0 Å². The van der Waals surface area contributed by atoms with Gasteiger partial charge in [-0.05, 0) is 44.2 Å². The molecule has 2 nitrogen and oxygen atoms in total. The quantitative estimate of drug-likeness (QED) is 0.877. The Morgan fingerprint density at radius 1 is 1.39 bits per heavy atom. The molecule has 0 amide bonds. The van der Waals surface area contributed by atoms with Crippen LogP contribution >= 0.6 is 0 Å². The van der Waals surface area contributed by atoms with Gasteiger partial charge in [0.1, 0.15) is 0 Å². The first-order valence-electron chi connectivity index (χ1n) is 7.14. The first-order valence-corrected chi connectivity index (χ1v) is 7.14. The minimum absolute atomic E-state index is 0.423. The van der Waals surface area contributed by atoms with Crippen molar-refractivity contribution >= 4 is 0 Å². The number of aryl methyl sites for hydroxylation is 1. The summed E-state index contributed by atoms with van der Waals surface area (Å²) in [6, 6.07) is 9.66. The summed E-state index contributed by atoms with van der Waals surface area (Å²) in [5.74, 6) is 0. The van der Waals surface area contributed by atoms with E-state index in [0.717, 1.165) is 25.9 Å². The standard InChI is InChI=1S/C16H25NO/c1-4-15-11-14(9-10-18-15)17-13(3)16-8-6-5-7-12(16)2/h5-8,13-15,17H,4,9-11H2,1-3H3. The molecule has 3 unspecified atom stereocenters. The van der Waals surface area contributed by atoms with Crippen LogP contribution in [0.25, 0.3) is 0 Å². The van der Waals surface area contributed by atoms with Gasteiger partial charge in [-0.25, -0.2) is 0 Å². The smallest absolute Gasteiger partial charge is 0.0587 e. The molecule has 1 fully saturated rings. The van der Waals surface area contributed by atoms with Gasteiger partial charge in [0.15, 0.2) is 0 Å². The van der Waals surface area contributed by atoms with Crippen molar-refractivity contribution in [2.24, 2.45) is 0 Å². The molecule has 1 aromatic rings. The second kappa shape index (κ2) is 6.35. The van der Waals surface area contributed by atoms with Gasteiger partial charge in [-0.3, -0.25) is 0 Å². The fraction of sp³-hybridized carbons (Fsp3) is 0.625. The molecular weight excluding hydrogens is 222 g/mol. The van der Waals surface area contributed by atoms with Gasteiger partial charge in [-0.15, -0.1) is 0 Å². The third-order valence-electron chi connectivity index (χ3n) is 3.96. The van der Waals surface area contributed by atoms with Gasteiger partial charge in [-0.2, -0.15) is 0 Å². The number of nitrogens with one attached hydrogen (secondary N) is 1. The third-order valence-corrected chi connectivity index (χ3v) is 3.96. The van der Waals surface area contributed by atoms with Crippen molar-refractivity contribution in [1.82, 2.24) is 5.32 Å². The lowest BCUT2D eigenvalue weighted by Crippen LogP contribution is -2.40. The highest BCUT2D eigenvalue weighted by Gasteiger charge is 2.22. The molecule has 0 spiro atoms. The minimum Gasteiger partial charge on any atom is -0.378 e. The molecular formula is C16H25NO. The van der Waals surface area contributed by atoms with Gasteiger partial charge in [0.25, 0.3) is 0 Å². The molecule has 1 saturated heterocycles. The summed E-state index contributed by atoms with van der Waals surface area (Å²) in [5, 5.41) is 3.76. The molecule has 100 valence electrons. The molecule has 1 aliphatic rings. The van der Waals surface area contributed by atoms with Crippen LogP contribution in [-0.2, 0) is 4.74 Å². The molecule has 0 bridgehead atoms. The Labute approximate surface area is 111 Å². The largest absolute Gasteiger partial charge is 0.378 e. The minimum atomic E-state index is 0.423. The summed E-state index contributed by atoms with van der Waals surface area (Å²) < 4.78 is 5.73. The zero-order valence-electron chi connectivity index (χ0n) is 11.8. The molecule has 0 aromatic heterocycles.